The minimum Gasteiger partial charge on any atom is -0.340 e. The van der Waals surface area contributed by atoms with Gasteiger partial charge in [0, 0.05) is 23.8 Å². The second-order valence-corrected chi connectivity index (χ2v) is 6.13. The van der Waals surface area contributed by atoms with Crippen molar-refractivity contribution in [1.29, 1.82) is 0 Å². The number of amides is 2. The van der Waals surface area contributed by atoms with Gasteiger partial charge in [0.05, 0.1) is 11.2 Å². The Hall–Kier alpha value is -2.93. The largest absolute Gasteiger partial charge is 0.340 e. The molecule has 3 aromatic rings. The van der Waals surface area contributed by atoms with E-state index < -0.39 is 6.04 Å². The molecule has 1 aromatic carbocycles. The van der Waals surface area contributed by atoms with Gasteiger partial charge in [-0.05, 0) is 36.6 Å². The SMILES string of the molecule is C[C@H](NC(=O)c1cccs1)C(=O)Nc1cccc(-n2ccnc2)c1. The molecule has 0 aliphatic carbocycles. The van der Waals surface area contributed by atoms with Crippen molar-refractivity contribution in [3.05, 3.63) is 65.4 Å². The zero-order valence-electron chi connectivity index (χ0n) is 13.0. The summed E-state index contributed by atoms with van der Waals surface area (Å²) in [7, 11) is 0. The number of imidazole rings is 1. The summed E-state index contributed by atoms with van der Waals surface area (Å²) in [6, 6.07) is 10.3. The second kappa shape index (κ2) is 7.10. The lowest BCUT2D eigenvalue weighted by Crippen LogP contribution is -2.41. The van der Waals surface area contributed by atoms with Gasteiger partial charge in [-0.25, -0.2) is 4.98 Å². The molecule has 7 heteroatoms. The Bertz CT molecular complexity index is 828. The summed E-state index contributed by atoms with van der Waals surface area (Å²) >= 11 is 1.34. The summed E-state index contributed by atoms with van der Waals surface area (Å²) in [5.74, 6) is -0.525. The fourth-order valence-corrected chi connectivity index (χ4v) is 2.77. The summed E-state index contributed by atoms with van der Waals surface area (Å²) < 4.78 is 1.84. The number of hydrogen-bond donors (Lipinski definition) is 2. The zero-order valence-corrected chi connectivity index (χ0v) is 13.8. The average molecular weight is 340 g/mol. The maximum atomic E-state index is 12.3. The molecule has 2 N–H and O–H groups in total. The average Bonchev–Trinajstić information content (AvgIpc) is 3.28. The first kappa shape index (κ1) is 15.9. The molecule has 1 atom stereocenters. The van der Waals surface area contributed by atoms with Gasteiger partial charge in [0.1, 0.15) is 6.04 Å². The van der Waals surface area contributed by atoms with Crippen molar-refractivity contribution in [3.63, 3.8) is 0 Å². The smallest absolute Gasteiger partial charge is 0.261 e. The van der Waals surface area contributed by atoms with Crippen LogP contribution in [0.2, 0.25) is 0 Å². The maximum Gasteiger partial charge on any atom is 0.261 e. The molecule has 122 valence electrons. The number of aromatic nitrogens is 2. The van der Waals surface area contributed by atoms with Gasteiger partial charge in [0.25, 0.3) is 5.91 Å². The molecule has 2 aromatic heterocycles. The molecule has 0 aliphatic rings. The van der Waals surface area contributed by atoms with Crippen LogP contribution in [0, 0.1) is 0 Å². The summed E-state index contributed by atoms with van der Waals surface area (Å²) in [6.45, 7) is 1.65. The number of nitrogens with zero attached hydrogens (tertiary/aromatic N) is 2. The molecular formula is C17H16N4O2S. The first-order valence-electron chi connectivity index (χ1n) is 7.37. The molecular weight excluding hydrogens is 324 g/mol. The predicted octanol–water partition coefficient (Wildman–Crippen LogP) is 2.69. The molecule has 0 spiro atoms. The van der Waals surface area contributed by atoms with Crippen molar-refractivity contribution in [2.24, 2.45) is 0 Å². The topological polar surface area (TPSA) is 76.0 Å². The van der Waals surface area contributed by atoms with Crippen LogP contribution in [0.15, 0.2) is 60.5 Å². The minimum atomic E-state index is -0.642. The monoisotopic (exact) mass is 340 g/mol. The standard InChI is InChI=1S/C17H16N4O2S/c1-12(19-17(23)15-6-3-9-24-15)16(22)20-13-4-2-5-14(10-13)21-8-7-18-11-21/h2-12H,1H3,(H,19,23)(H,20,22)/t12-/m0/s1. The lowest BCUT2D eigenvalue weighted by molar-refractivity contribution is -0.117. The highest BCUT2D eigenvalue weighted by Crippen LogP contribution is 2.15. The number of thiophene rings is 1. The molecule has 3 rings (SSSR count). The molecule has 0 radical (unpaired) electrons. The number of benzene rings is 1. The molecule has 0 saturated heterocycles. The van der Waals surface area contributed by atoms with Gasteiger partial charge in [-0.3, -0.25) is 9.59 Å². The van der Waals surface area contributed by atoms with Crippen molar-refractivity contribution < 1.29 is 9.59 Å². The van der Waals surface area contributed by atoms with E-state index in [4.69, 9.17) is 0 Å². The molecule has 0 fully saturated rings. The Kier molecular flexibility index (Phi) is 4.72. The lowest BCUT2D eigenvalue weighted by Gasteiger charge is -2.14. The number of rotatable bonds is 5. The number of nitrogens with one attached hydrogen (secondary N) is 2. The lowest BCUT2D eigenvalue weighted by atomic mass is 10.2. The maximum absolute atomic E-state index is 12.3. The van der Waals surface area contributed by atoms with Crippen molar-refractivity contribution in [2.45, 2.75) is 13.0 Å². The van der Waals surface area contributed by atoms with E-state index in [2.05, 4.69) is 15.6 Å². The minimum absolute atomic E-state index is 0.250. The quantitative estimate of drug-likeness (QED) is 0.750. The van der Waals surface area contributed by atoms with Crippen LogP contribution in [0.5, 0.6) is 0 Å². The Labute approximate surface area is 143 Å². The molecule has 0 saturated carbocycles. The van der Waals surface area contributed by atoms with E-state index in [1.54, 1.807) is 37.6 Å². The number of carbonyl (C=O) groups excluding carboxylic acids is 2. The van der Waals surface area contributed by atoms with E-state index in [0.29, 0.717) is 10.6 Å². The summed E-state index contributed by atoms with van der Waals surface area (Å²) in [5.41, 5.74) is 1.55. The van der Waals surface area contributed by atoms with Crippen molar-refractivity contribution in [1.82, 2.24) is 14.9 Å². The van der Waals surface area contributed by atoms with Crippen LogP contribution in [0.1, 0.15) is 16.6 Å². The molecule has 0 unspecified atom stereocenters. The third kappa shape index (κ3) is 3.69. The van der Waals surface area contributed by atoms with Gasteiger partial charge in [-0.15, -0.1) is 11.3 Å². The summed E-state index contributed by atoms with van der Waals surface area (Å²) in [6.07, 6.45) is 5.20. The van der Waals surface area contributed by atoms with Crippen molar-refractivity contribution >= 4 is 28.8 Å². The first-order chi connectivity index (χ1) is 11.6. The number of hydrogen-bond acceptors (Lipinski definition) is 4. The molecule has 24 heavy (non-hydrogen) atoms. The second-order valence-electron chi connectivity index (χ2n) is 5.18. The Morgan fingerprint density at radius 1 is 1.25 bits per heavy atom. The van der Waals surface area contributed by atoms with Gasteiger partial charge in [-0.1, -0.05) is 12.1 Å². The van der Waals surface area contributed by atoms with Crippen LogP contribution in [0.3, 0.4) is 0 Å². The molecule has 0 aliphatic heterocycles. The molecule has 2 amide bonds. The van der Waals surface area contributed by atoms with E-state index in [1.165, 1.54) is 11.3 Å². The van der Waals surface area contributed by atoms with Gasteiger partial charge in [-0.2, -0.15) is 0 Å². The summed E-state index contributed by atoms with van der Waals surface area (Å²) in [4.78, 5) is 28.8. The van der Waals surface area contributed by atoms with Gasteiger partial charge in [0.15, 0.2) is 0 Å². The fraction of sp³-hybridized carbons (Fsp3) is 0.118. The van der Waals surface area contributed by atoms with E-state index >= 15 is 0 Å². The van der Waals surface area contributed by atoms with E-state index in [0.717, 1.165) is 5.69 Å². The Balaban J connectivity index is 1.64. The number of anilines is 1. The van der Waals surface area contributed by atoms with Crippen molar-refractivity contribution in [3.8, 4) is 5.69 Å². The molecule has 6 nitrogen and oxygen atoms in total. The van der Waals surface area contributed by atoms with Crippen LogP contribution in [-0.2, 0) is 4.79 Å². The highest BCUT2D eigenvalue weighted by Gasteiger charge is 2.17. The van der Waals surface area contributed by atoms with Crippen molar-refractivity contribution in [2.75, 3.05) is 5.32 Å². The van der Waals surface area contributed by atoms with Crippen LogP contribution in [0.4, 0.5) is 5.69 Å². The third-order valence-corrected chi connectivity index (χ3v) is 4.27. The Morgan fingerprint density at radius 2 is 2.12 bits per heavy atom. The first-order valence-corrected chi connectivity index (χ1v) is 8.25. The van der Waals surface area contributed by atoms with E-state index in [-0.39, 0.29) is 11.8 Å². The fourth-order valence-electron chi connectivity index (χ4n) is 2.15. The zero-order chi connectivity index (χ0) is 16.9. The van der Waals surface area contributed by atoms with Crippen LogP contribution >= 0.6 is 11.3 Å². The van der Waals surface area contributed by atoms with Gasteiger partial charge >= 0.3 is 0 Å². The van der Waals surface area contributed by atoms with Gasteiger partial charge in [0.2, 0.25) is 5.91 Å². The van der Waals surface area contributed by atoms with Crippen LogP contribution in [-0.4, -0.2) is 27.4 Å². The van der Waals surface area contributed by atoms with E-state index in [1.807, 2.05) is 34.3 Å². The normalized spacial score (nSPS) is 11.7. The van der Waals surface area contributed by atoms with Crippen LogP contribution in [0.25, 0.3) is 5.69 Å². The predicted molar refractivity (Wildman–Crippen MR) is 93.4 cm³/mol. The van der Waals surface area contributed by atoms with E-state index in [9.17, 15) is 9.59 Å². The summed E-state index contributed by atoms with van der Waals surface area (Å²) in [5, 5.41) is 7.32. The number of carbonyl (C=O) groups is 2. The third-order valence-electron chi connectivity index (χ3n) is 3.40. The highest BCUT2D eigenvalue weighted by molar-refractivity contribution is 7.12. The molecule has 0 bridgehead atoms. The van der Waals surface area contributed by atoms with Gasteiger partial charge < -0.3 is 15.2 Å². The Morgan fingerprint density at radius 3 is 2.83 bits per heavy atom. The van der Waals surface area contributed by atoms with Crippen LogP contribution < -0.4 is 10.6 Å². The highest BCUT2D eigenvalue weighted by atomic mass is 32.1. The molecule has 2 heterocycles.